The van der Waals surface area contributed by atoms with Crippen LogP contribution in [0.15, 0.2) is 60.3 Å². The average molecular weight is 434 g/mol. The molecule has 32 heavy (non-hydrogen) atoms. The molecule has 5 heteroatoms. The van der Waals surface area contributed by atoms with Gasteiger partial charge in [0.1, 0.15) is 5.82 Å². The topological polar surface area (TPSA) is 64.1 Å². The van der Waals surface area contributed by atoms with Gasteiger partial charge in [0, 0.05) is 11.5 Å². The Labute approximate surface area is 189 Å². The Kier molecular flexibility index (Phi) is 6.31. The number of nitrogens with zero attached hydrogens (tertiary/aromatic N) is 2. The number of hydrogen-bond acceptors (Lipinski definition) is 3. The minimum Gasteiger partial charge on any atom is -0.392 e. The third-order valence-electron chi connectivity index (χ3n) is 6.91. The number of benzene rings is 2. The molecule has 1 unspecified atom stereocenters. The van der Waals surface area contributed by atoms with E-state index < -0.39 is 6.10 Å². The summed E-state index contributed by atoms with van der Waals surface area (Å²) in [5.74, 6) is -0.263. The van der Waals surface area contributed by atoms with Gasteiger partial charge in [0.2, 0.25) is 0 Å². The number of nitrogens with two attached hydrogens (primary N) is 1. The van der Waals surface area contributed by atoms with Gasteiger partial charge >= 0.3 is 0 Å². The van der Waals surface area contributed by atoms with E-state index in [2.05, 4.69) is 37.2 Å². The van der Waals surface area contributed by atoms with E-state index in [1.165, 1.54) is 23.3 Å². The summed E-state index contributed by atoms with van der Waals surface area (Å²) in [5.41, 5.74) is 12.3. The number of hydrogen-bond donors (Lipinski definition) is 2. The van der Waals surface area contributed by atoms with E-state index in [0.29, 0.717) is 6.42 Å². The van der Waals surface area contributed by atoms with Crippen molar-refractivity contribution in [3.05, 3.63) is 88.5 Å². The van der Waals surface area contributed by atoms with Crippen LogP contribution in [0.4, 0.5) is 4.39 Å². The van der Waals surface area contributed by atoms with Gasteiger partial charge in [-0.3, -0.25) is 0 Å². The molecule has 0 amide bonds. The minimum atomic E-state index is -0.489. The first-order chi connectivity index (χ1) is 15.3. The third-order valence-corrected chi connectivity index (χ3v) is 6.91. The van der Waals surface area contributed by atoms with Crippen molar-refractivity contribution in [2.45, 2.75) is 58.6 Å². The van der Waals surface area contributed by atoms with Crippen molar-refractivity contribution in [3.63, 3.8) is 0 Å². The van der Waals surface area contributed by atoms with Gasteiger partial charge in [-0.15, -0.1) is 0 Å². The molecule has 0 bridgehead atoms. The third kappa shape index (κ3) is 4.15. The fourth-order valence-corrected chi connectivity index (χ4v) is 4.96. The molecule has 168 valence electrons. The van der Waals surface area contributed by atoms with Crippen LogP contribution in [-0.4, -0.2) is 21.0 Å². The molecule has 3 N–H and O–H groups in total. The summed E-state index contributed by atoms with van der Waals surface area (Å²) in [6, 6.07) is 14.6. The monoisotopic (exact) mass is 433 g/mol. The second-order valence-corrected chi connectivity index (χ2v) is 9.10. The maximum absolute atomic E-state index is 13.4. The van der Waals surface area contributed by atoms with Crippen molar-refractivity contribution in [1.82, 2.24) is 9.78 Å². The Morgan fingerprint density at radius 1 is 1.19 bits per heavy atom. The molecule has 0 radical (unpaired) electrons. The Hall–Kier alpha value is -2.76. The van der Waals surface area contributed by atoms with Gasteiger partial charge in [-0.05, 0) is 79.6 Å². The first kappa shape index (κ1) is 22.4. The summed E-state index contributed by atoms with van der Waals surface area (Å²) in [6.07, 6.45) is 6.56. The maximum Gasteiger partial charge on any atom is 0.123 e. The number of halogens is 1. The molecule has 0 aliphatic heterocycles. The van der Waals surface area contributed by atoms with E-state index in [0.717, 1.165) is 41.8 Å². The number of rotatable bonds is 7. The quantitative estimate of drug-likeness (QED) is 0.526. The van der Waals surface area contributed by atoms with Crippen molar-refractivity contribution in [1.29, 1.82) is 0 Å². The summed E-state index contributed by atoms with van der Waals surface area (Å²) < 4.78 is 15.2. The van der Waals surface area contributed by atoms with E-state index in [-0.39, 0.29) is 17.3 Å². The van der Waals surface area contributed by atoms with Gasteiger partial charge in [0.05, 0.1) is 23.7 Å². The van der Waals surface area contributed by atoms with E-state index in [1.807, 2.05) is 29.9 Å². The van der Waals surface area contributed by atoms with Gasteiger partial charge in [-0.25, -0.2) is 9.07 Å². The predicted molar refractivity (Wildman–Crippen MR) is 127 cm³/mol. The second kappa shape index (κ2) is 9.00. The zero-order valence-corrected chi connectivity index (χ0v) is 19.1. The average Bonchev–Trinajstić information content (AvgIpc) is 3.19. The standard InChI is InChI=1S/C27H32FN3O/c1-4-21-15-25-20(17-30-31(25)23-12-10-22(28)11-13-23)16-27(21,3)26(32)14-9-19-7-5-6-8-24(19)18(2)29/h5-8,10-13,15,17-18,26,32H,4,9,14,16,29H2,1-3H3/t18-,26+,27?/m1/s1. The van der Waals surface area contributed by atoms with Crippen LogP contribution >= 0.6 is 0 Å². The Balaban J connectivity index is 1.59. The van der Waals surface area contributed by atoms with Crippen LogP contribution in [0.1, 0.15) is 62.0 Å². The molecule has 0 fully saturated rings. The van der Waals surface area contributed by atoms with Gasteiger partial charge in [0.15, 0.2) is 0 Å². The van der Waals surface area contributed by atoms with Gasteiger partial charge in [0.25, 0.3) is 0 Å². The SMILES string of the molecule is CCC1=Cc2c(cnn2-c2ccc(F)cc2)CC1(C)[C@@H](O)CCc1ccccc1[C@@H](C)N. The molecule has 4 nitrogen and oxygen atoms in total. The number of aromatic nitrogens is 2. The zero-order chi connectivity index (χ0) is 22.9. The summed E-state index contributed by atoms with van der Waals surface area (Å²) >= 11 is 0. The first-order valence-electron chi connectivity index (χ1n) is 11.4. The summed E-state index contributed by atoms with van der Waals surface area (Å²) in [7, 11) is 0. The number of aliphatic hydroxyl groups excluding tert-OH is 1. The van der Waals surface area contributed by atoms with Gasteiger partial charge in [-0.1, -0.05) is 43.7 Å². The fraction of sp³-hybridized carbons (Fsp3) is 0.370. The molecule has 0 saturated carbocycles. The van der Waals surface area contributed by atoms with Gasteiger partial charge < -0.3 is 10.8 Å². The lowest BCUT2D eigenvalue weighted by atomic mass is 9.67. The molecule has 1 aliphatic rings. The summed E-state index contributed by atoms with van der Waals surface area (Å²) in [4.78, 5) is 0. The van der Waals surface area contributed by atoms with Crippen LogP contribution in [0.2, 0.25) is 0 Å². The first-order valence-corrected chi connectivity index (χ1v) is 11.4. The van der Waals surface area contributed by atoms with Crippen molar-refractivity contribution in [3.8, 4) is 5.69 Å². The minimum absolute atomic E-state index is 0.0282. The van der Waals surface area contributed by atoms with Crippen molar-refractivity contribution >= 4 is 6.08 Å². The largest absolute Gasteiger partial charge is 0.392 e. The molecule has 2 aromatic carbocycles. The van der Waals surface area contributed by atoms with Crippen LogP contribution in [0.5, 0.6) is 0 Å². The molecule has 0 spiro atoms. The molecule has 4 rings (SSSR count). The van der Waals surface area contributed by atoms with Crippen LogP contribution in [0.3, 0.4) is 0 Å². The van der Waals surface area contributed by atoms with E-state index in [4.69, 9.17) is 5.73 Å². The Morgan fingerprint density at radius 2 is 1.91 bits per heavy atom. The van der Waals surface area contributed by atoms with Crippen LogP contribution < -0.4 is 5.73 Å². The summed E-state index contributed by atoms with van der Waals surface area (Å²) in [5, 5.41) is 15.9. The molecule has 1 heterocycles. The Morgan fingerprint density at radius 3 is 2.59 bits per heavy atom. The lowest BCUT2D eigenvalue weighted by Crippen LogP contribution is -2.38. The van der Waals surface area contributed by atoms with E-state index in [9.17, 15) is 9.50 Å². The molecular formula is C27H32FN3O. The molecule has 3 aromatic rings. The highest BCUT2D eigenvalue weighted by molar-refractivity contribution is 5.61. The smallest absolute Gasteiger partial charge is 0.123 e. The van der Waals surface area contributed by atoms with E-state index >= 15 is 0 Å². The molecule has 1 aliphatic carbocycles. The highest BCUT2D eigenvalue weighted by atomic mass is 19.1. The lowest BCUT2D eigenvalue weighted by molar-refractivity contribution is 0.0531. The van der Waals surface area contributed by atoms with Crippen molar-refractivity contribution in [2.75, 3.05) is 0 Å². The lowest BCUT2D eigenvalue weighted by Gasteiger charge is -2.39. The van der Waals surface area contributed by atoms with E-state index in [1.54, 1.807) is 12.1 Å². The van der Waals surface area contributed by atoms with Crippen LogP contribution in [0.25, 0.3) is 11.8 Å². The predicted octanol–water partition coefficient (Wildman–Crippen LogP) is 5.38. The van der Waals surface area contributed by atoms with Crippen LogP contribution in [0, 0.1) is 11.2 Å². The van der Waals surface area contributed by atoms with Crippen molar-refractivity contribution < 1.29 is 9.50 Å². The number of aliphatic hydroxyl groups is 1. The number of fused-ring (bicyclic) bond motifs is 1. The second-order valence-electron chi connectivity index (χ2n) is 9.10. The zero-order valence-electron chi connectivity index (χ0n) is 19.1. The maximum atomic E-state index is 13.4. The van der Waals surface area contributed by atoms with Gasteiger partial charge in [-0.2, -0.15) is 5.10 Å². The van der Waals surface area contributed by atoms with Crippen molar-refractivity contribution in [2.24, 2.45) is 11.1 Å². The molecular weight excluding hydrogens is 401 g/mol. The summed E-state index contributed by atoms with van der Waals surface area (Å²) in [6.45, 7) is 6.28. The molecule has 3 atom stereocenters. The highest BCUT2D eigenvalue weighted by Gasteiger charge is 2.39. The van der Waals surface area contributed by atoms with Crippen LogP contribution in [-0.2, 0) is 12.8 Å². The number of aryl methyl sites for hydroxylation is 1. The molecule has 1 aromatic heterocycles. The Bertz CT molecular complexity index is 1120. The fourth-order valence-electron chi connectivity index (χ4n) is 4.96. The highest BCUT2D eigenvalue weighted by Crippen LogP contribution is 2.44. The normalized spacial score (nSPS) is 19.9. The molecule has 0 saturated heterocycles.